The van der Waals surface area contributed by atoms with Crippen molar-refractivity contribution in [3.8, 4) is 0 Å². The lowest BCUT2D eigenvalue weighted by atomic mass is 10.1. The SMILES string of the molecule is CN=C(Cc1ccc(Cl)nc1)C[N+](=O)[O-]. The molecule has 80 valence electrons. The third kappa shape index (κ3) is 4.03. The van der Waals surface area contributed by atoms with Crippen molar-refractivity contribution in [2.24, 2.45) is 4.99 Å². The van der Waals surface area contributed by atoms with Crippen LogP contribution in [0.5, 0.6) is 0 Å². The van der Waals surface area contributed by atoms with Crippen molar-refractivity contribution >= 4 is 17.3 Å². The Hall–Kier alpha value is -1.49. The van der Waals surface area contributed by atoms with Crippen LogP contribution in [0.25, 0.3) is 0 Å². The van der Waals surface area contributed by atoms with Gasteiger partial charge in [-0.2, -0.15) is 0 Å². The normalized spacial score (nSPS) is 11.5. The minimum absolute atomic E-state index is 0.237. The topological polar surface area (TPSA) is 68.4 Å². The van der Waals surface area contributed by atoms with E-state index in [0.29, 0.717) is 17.3 Å². The van der Waals surface area contributed by atoms with Gasteiger partial charge in [-0.25, -0.2) is 4.98 Å². The largest absolute Gasteiger partial charge is 0.290 e. The Bertz CT molecular complexity index is 375. The summed E-state index contributed by atoms with van der Waals surface area (Å²) < 4.78 is 0. The van der Waals surface area contributed by atoms with Crippen LogP contribution in [-0.4, -0.2) is 29.2 Å². The van der Waals surface area contributed by atoms with E-state index in [0.717, 1.165) is 5.56 Å². The lowest BCUT2D eigenvalue weighted by Crippen LogP contribution is -2.16. The summed E-state index contributed by atoms with van der Waals surface area (Å²) in [7, 11) is 1.54. The average Bonchev–Trinajstić information content (AvgIpc) is 2.19. The van der Waals surface area contributed by atoms with Gasteiger partial charge in [0.2, 0.25) is 6.54 Å². The van der Waals surface area contributed by atoms with E-state index in [-0.39, 0.29) is 6.54 Å². The van der Waals surface area contributed by atoms with Crippen LogP contribution >= 0.6 is 11.6 Å². The first-order valence-electron chi connectivity index (χ1n) is 4.28. The summed E-state index contributed by atoms with van der Waals surface area (Å²) in [6, 6.07) is 3.43. The number of aliphatic imine (C=N–C) groups is 1. The lowest BCUT2D eigenvalue weighted by Gasteiger charge is -2.01. The highest BCUT2D eigenvalue weighted by Gasteiger charge is 2.07. The summed E-state index contributed by atoms with van der Waals surface area (Å²) in [5.74, 6) is 0. The number of hydrogen-bond donors (Lipinski definition) is 0. The second-order valence-electron chi connectivity index (χ2n) is 2.95. The molecule has 0 amide bonds. The second kappa shape index (κ2) is 5.41. The second-order valence-corrected chi connectivity index (χ2v) is 3.33. The van der Waals surface area contributed by atoms with Crippen LogP contribution in [0.15, 0.2) is 23.3 Å². The van der Waals surface area contributed by atoms with Crippen LogP contribution in [0, 0.1) is 10.1 Å². The molecule has 0 aliphatic carbocycles. The molecule has 0 aliphatic heterocycles. The van der Waals surface area contributed by atoms with E-state index in [1.165, 1.54) is 0 Å². The summed E-state index contributed by atoms with van der Waals surface area (Å²) in [6.45, 7) is -0.237. The van der Waals surface area contributed by atoms with Crippen molar-refractivity contribution in [2.75, 3.05) is 13.6 Å². The van der Waals surface area contributed by atoms with Crippen molar-refractivity contribution in [1.29, 1.82) is 0 Å². The van der Waals surface area contributed by atoms with Gasteiger partial charge in [0.15, 0.2) is 0 Å². The molecule has 1 heterocycles. The molecule has 0 atom stereocenters. The molecule has 0 radical (unpaired) electrons. The Morgan fingerprint density at radius 2 is 2.40 bits per heavy atom. The molecule has 5 nitrogen and oxygen atoms in total. The summed E-state index contributed by atoms with van der Waals surface area (Å²) >= 11 is 5.62. The first kappa shape index (κ1) is 11.6. The number of halogens is 1. The molecule has 0 N–H and O–H groups in total. The first-order chi connectivity index (χ1) is 7.11. The van der Waals surface area contributed by atoms with Crippen LogP contribution in [0.4, 0.5) is 0 Å². The molecular formula is C9H10ClN3O2. The third-order valence-electron chi connectivity index (χ3n) is 1.82. The van der Waals surface area contributed by atoms with Gasteiger partial charge < -0.3 is 0 Å². The fourth-order valence-corrected chi connectivity index (χ4v) is 1.21. The standard InChI is InChI=1S/C9H10ClN3O2/c1-11-8(6-13(14)15)4-7-2-3-9(10)12-5-7/h2-3,5H,4,6H2,1H3. The van der Waals surface area contributed by atoms with Gasteiger partial charge in [0.1, 0.15) is 5.15 Å². The zero-order chi connectivity index (χ0) is 11.3. The van der Waals surface area contributed by atoms with Crippen molar-refractivity contribution in [1.82, 2.24) is 4.98 Å². The van der Waals surface area contributed by atoms with Crippen molar-refractivity contribution in [3.05, 3.63) is 39.2 Å². The van der Waals surface area contributed by atoms with Crippen LogP contribution in [-0.2, 0) is 6.42 Å². The minimum Gasteiger partial charge on any atom is -0.290 e. The molecular weight excluding hydrogens is 218 g/mol. The van der Waals surface area contributed by atoms with E-state index in [1.54, 1.807) is 25.4 Å². The Morgan fingerprint density at radius 3 is 2.87 bits per heavy atom. The quantitative estimate of drug-likeness (QED) is 0.340. The molecule has 15 heavy (non-hydrogen) atoms. The van der Waals surface area contributed by atoms with Crippen molar-refractivity contribution < 1.29 is 4.92 Å². The summed E-state index contributed by atoms with van der Waals surface area (Å²) in [6.07, 6.45) is 2.02. The number of aromatic nitrogens is 1. The zero-order valence-corrected chi connectivity index (χ0v) is 8.94. The van der Waals surface area contributed by atoms with Crippen molar-refractivity contribution in [3.63, 3.8) is 0 Å². The van der Waals surface area contributed by atoms with Crippen LogP contribution in [0.2, 0.25) is 5.15 Å². The Kier molecular flexibility index (Phi) is 4.17. The lowest BCUT2D eigenvalue weighted by molar-refractivity contribution is -0.463. The van der Waals surface area contributed by atoms with Crippen LogP contribution in [0.1, 0.15) is 5.56 Å². The predicted octanol–water partition coefficient (Wildman–Crippen LogP) is 1.62. The fraction of sp³-hybridized carbons (Fsp3) is 0.333. The van der Waals surface area contributed by atoms with Gasteiger partial charge in [-0.15, -0.1) is 0 Å². The molecule has 0 fully saturated rings. The number of pyridine rings is 1. The van der Waals surface area contributed by atoms with Gasteiger partial charge in [-0.05, 0) is 11.6 Å². The maximum Gasteiger partial charge on any atom is 0.241 e. The number of hydrogen-bond acceptors (Lipinski definition) is 4. The Labute approximate surface area is 92.0 Å². The average molecular weight is 228 g/mol. The van der Waals surface area contributed by atoms with E-state index in [1.807, 2.05) is 0 Å². The number of nitro groups is 1. The Morgan fingerprint density at radius 1 is 1.67 bits per heavy atom. The van der Waals surface area contributed by atoms with E-state index in [9.17, 15) is 10.1 Å². The minimum atomic E-state index is -0.397. The number of nitrogens with zero attached hydrogens (tertiary/aromatic N) is 3. The van der Waals surface area contributed by atoms with E-state index < -0.39 is 4.92 Å². The molecule has 0 spiro atoms. The highest BCUT2D eigenvalue weighted by molar-refractivity contribution is 6.29. The summed E-state index contributed by atoms with van der Waals surface area (Å²) in [5, 5.41) is 10.7. The molecule has 0 bridgehead atoms. The van der Waals surface area contributed by atoms with Gasteiger partial charge in [0.25, 0.3) is 0 Å². The van der Waals surface area contributed by atoms with Gasteiger partial charge in [0.05, 0.1) is 5.71 Å². The summed E-state index contributed by atoms with van der Waals surface area (Å²) in [5.41, 5.74) is 1.38. The van der Waals surface area contributed by atoms with Gasteiger partial charge >= 0.3 is 0 Å². The number of rotatable bonds is 4. The van der Waals surface area contributed by atoms with E-state index >= 15 is 0 Å². The monoisotopic (exact) mass is 227 g/mol. The molecule has 0 aromatic carbocycles. The maximum absolute atomic E-state index is 10.3. The van der Waals surface area contributed by atoms with Gasteiger partial charge in [-0.1, -0.05) is 17.7 Å². The molecule has 1 aromatic heterocycles. The van der Waals surface area contributed by atoms with Gasteiger partial charge in [0, 0.05) is 24.6 Å². The highest BCUT2D eigenvalue weighted by Crippen LogP contribution is 2.06. The predicted molar refractivity (Wildman–Crippen MR) is 58.2 cm³/mol. The molecule has 0 saturated carbocycles. The first-order valence-corrected chi connectivity index (χ1v) is 4.66. The van der Waals surface area contributed by atoms with Gasteiger partial charge in [-0.3, -0.25) is 15.1 Å². The van der Waals surface area contributed by atoms with Crippen molar-refractivity contribution in [2.45, 2.75) is 6.42 Å². The molecule has 1 rings (SSSR count). The third-order valence-corrected chi connectivity index (χ3v) is 2.05. The smallest absolute Gasteiger partial charge is 0.241 e. The maximum atomic E-state index is 10.3. The zero-order valence-electron chi connectivity index (χ0n) is 8.18. The van der Waals surface area contributed by atoms with Crippen LogP contribution in [0.3, 0.4) is 0 Å². The molecule has 1 aromatic rings. The molecule has 0 saturated heterocycles. The van der Waals surface area contributed by atoms with E-state index in [4.69, 9.17) is 11.6 Å². The molecule has 0 aliphatic rings. The fourth-order valence-electron chi connectivity index (χ4n) is 1.10. The molecule has 6 heteroatoms. The summed E-state index contributed by atoms with van der Waals surface area (Å²) in [4.78, 5) is 17.7. The highest BCUT2D eigenvalue weighted by atomic mass is 35.5. The van der Waals surface area contributed by atoms with Crippen LogP contribution < -0.4 is 0 Å². The molecule has 0 unspecified atom stereocenters. The Balaban J connectivity index is 2.67. The van der Waals surface area contributed by atoms with E-state index in [2.05, 4.69) is 9.98 Å².